The summed E-state index contributed by atoms with van der Waals surface area (Å²) in [5.41, 5.74) is 3.10. The van der Waals surface area contributed by atoms with Crippen LogP contribution in [0.2, 0.25) is 0 Å². The van der Waals surface area contributed by atoms with Crippen LogP contribution < -0.4 is 10.6 Å². The third kappa shape index (κ3) is 4.34. The molecule has 0 unspecified atom stereocenters. The van der Waals surface area contributed by atoms with Gasteiger partial charge < -0.3 is 10.3 Å². The molecule has 1 aromatic carbocycles. The number of fused-ring (bicyclic) bond motifs is 1. The molecule has 0 aliphatic carbocycles. The minimum absolute atomic E-state index is 0. The smallest absolute Gasteiger partial charge is 0.227 e. The van der Waals surface area contributed by atoms with Crippen molar-refractivity contribution in [3.8, 4) is 0 Å². The number of nitrogens with zero attached hydrogens (tertiary/aromatic N) is 4. The van der Waals surface area contributed by atoms with Gasteiger partial charge in [0.25, 0.3) is 0 Å². The second-order valence-corrected chi connectivity index (χ2v) is 7.14. The average Bonchev–Trinajstić information content (AvgIpc) is 3.25. The summed E-state index contributed by atoms with van der Waals surface area (Å²) in [5.74, 6) is 2.43. The highest BCUT2D eigenvalue weighted by molar-refractivity contribution is 5.89. The molecule has 0 atom stereocenters. The zero-order valence-corrected chi connectivity index (χ0v) is 17.0. The van der Waals surface area contributed by atoms with Crippen LogP contribution in [-0.4, -0.2) is 43.7 Å². The van der Waals surface area contributed by atoms with E-state index in [4.69, 9.17) is 0 Å². The Balaban J connectivity index is 0.00000225. The predicted molar refractivity (Wildman–Crippen MR) is 111 cm³/mol. The third-order valence-corrected chi connectivity index (χ3v) is 5.09. The van der Waals surface area contributed by atoms with Gasteiger partial charge in [0.05, 0.1) is 11.0 Å². The lowest BCUT2D eigenvalue weighted by molar-refractivity contribution is -0.116. The van der Waals surface area contributed by atoms with Gasteiger partial charge in [-0.15, -0.1) is 12.4 Å². The number of aromatic nitrogens is 5. The molecule has 1 aliphatic rings. The van der Waals surface area contributed by atoms with Gasteiger partial charge in [-0.25, -0.2) is 9.67 Å². The number of benzene rings is 1. The van der Waals surface area contributed by atoms with Crippen molar-refractivity contribution in [1.82, 2.24) is 30.0 Å². The van der Waals surface area contributed by atoms with E-state index in [1.54, 1.807) is 4.68 Å². The van der Waals surface area contributed by atoms with Crippen LogP contribution in [0.1, 0.15) is 42.4 Å². The van der Waals surface area contributed by atoms with Gasteiger partial charge in [0, 0.05) is 25.8 Å². The number of imidazole rings is 1. The molecule has 0 radical (unpaired) electrons. The van der Waals surface area contributed by atoms with Crippen LogP contribution in [0.15, 0.2) is 18.2 Å². The molecule has 0 bridgehead atoms. The van der Waals surface area contributed by atoms with Crippen LogP contribution >= 0.6 is 12.4 Å². The lowest BCUT2D eigenvalue weighted by Gasteiger charge is -2.19. The van der Waals surface area contributed by atoms with Crippen LogP contribution in [0, 0.1) is 6.92 Å². The van der Waals surface area contributed by atoms with Gasteiger partial charge >= 0.3 is 0 Å². The topological polar surface area (TPSA) is 101 Å². The Morgan fingerprint density at radius 3 is 2.82 bits per heavy atom. The molecule has 9 heteroatoms. The van der Waals surface area contributed by atoms with E-state index in [2.05, 4.69) is 30.7 Å². The van der Waals surface area contributed by atoms with Gasteiger partial charge in [0.15, 0.2) is 5.82 Å². The molecule has 4 rings (SSSR count). The van der Waals surface area contributed by atoms with E-state index in [-0.39, 0.29) is 18.3 Å². The maximum atomic E-state index is 12.4. The first-order valence-electron chi connectivity index (χ1n) is 9.46. The Kier molecular flexibility index (Phi) is 6.31. The monoisotopic (exact) mass is 403 g/mol. The summed E-state index contributed by atoms with van der Waals surface area (Å²) >= 11 is 0. The fourth-order valence-electron chi connectivity index (χ4n) is 3.53. The number of aromatic amines is 1. The van der Waals surface area contributed by atoms with Crippen molar-refractivity contribution in [2.45, 2.75) is 38.5 Å². The Bertz CT molecular complexity index is 959. The molecule has 1 saturated heterocycles. The van der Waals surface area contributed by atoms with E-state index in [0.717, 1.165) is 54.2 Å². The first kappa shape index (κ1) is 20.3. The number of anilines is 1. The Labute approximate surface area is 169 Å². The van der Waals surface area contributed by atoms with E-state index in [1.807, 2.05) is 32.2 Å². The van der Waals surface area contributed by atoms with Crippen LogP contribution in [0.4, 0.5) is 5.95 Å². The number of para-hydroxylation sites is 1. The number of aryl methyl sites for hydroxylation is 3. The molecule has 2 aromatic heterocycles. The molecule has 1 fully saturated rings. The fourth-order valence-corrected chi connectivity index (χ4v) is 3.53. The minimum atomic E-state index is -0.0838. The summed E-state index contributed by atoms with van der Waals surface area (Å²) in [7, 11) is 1.81. The lowest BCUT2D eigenvalue weighted by atomic mass is 9.98. The van der Waals surface area contributed by atoms with Crippen LogP contribution in [0.3, 0.4) is 0 Å². The van der Waals surface area contributed by atoms with Crippen LogP contribution in [0.25, 0.3) is 11.0 Å². The molecule has 1 aliphatic heterocycles. The van der Waals surface area contributed by atoms with Crippen LogP contribution in [0.5, 0.6) is 0 Å². The zero-order chi connectivity index (χ0) is 18.8. The van der Waals surface area contributed by atoms with E-state index in [9.17, 15) is 4.79 Å². The lowest BCUT2D eigenvalue weighted by Crippen LogP contribution is -2.27. The predicted octanol–water partition coefficient (Wildman–Crippen LogP) is 2.46. The van der Waals surface area contributed by atoms with Crippen molar-refractivity contribution in [2.24, 2.45) is 7.05 Å². The normalized spacial score (nSPS) is 14.8. The van der Waals surface area contributed by atoms with E-state index in [0.29, 0.717) is 24.7 Å². The Morgan fingerprint density at radius 1 is 1.29 bits per heavy atom. The summed E-state index contributed by atoms with van der Waals surface area (Å²) in [5, 5.41) is 10.7. The number of piperidine rings is 1. The largest absolute Gasteiger partial charge is 0.342 e. The molecule has 0 saturated carbocycles. The number of hydrogen-bond acceptors (Lipinski definition) is 5. The number of H-pyrrole nitrogens is 1. The van der Waals surface area contributed by atoms with Gasteiger partial charge in [0.1, 0.15) is 5.82 Å². The average molecular weight is 404 g/mol. The minimum Gasteiger partial charge on any atom is -0.342 e. The number of carbonyl (C=O) groups excluding carboxylic acids is 1. The van der Waals surface area contributed by atoms with Gasteiger partial charge in [-0.3, -0.25) is 10.1 Å². The van der Waals surface area contributed by atoms with Gasteiger partial charge in [-0.05, 0) is 44.5 Å². The second-order valence-electron chi connectivity index (χ2n) is 7.14. The van der Waals surface area contributed by atoms with Gasteiger partial charge in [-0.1, -0.05) is 12.1 Å². The first-order chi connectivity index (χ1) is 13.1. The molecule has 3 N–H and O–H groups in total. The Morgan fingerprint density at radius 2 is 2.07 bits per heavy atom. The highest BCUT2D eigenvalue weighted by Gasteiger charge is 2.21. The maximum Gasteiger partial charge on any atom is 0.227 e. The molecule has 3 heterocycles. The van der Waals surface area contributed by atoms with Crippen molar-refractivity contribution < 1.29 is 4.79 Å². The molecule has 28 heavy (non-hydrogen) atoms. The Hall–Kier alpha value is -2.45. The standard InChI is InChI=1S/C19H25N7O.ClH/c1-12-4-3-5-14-17(12)22-15(21-14)6-7-16(27)23-19-24-18(25-26(19)2)13-8-10-20-11-9-13;/h3-5,13,20H,6-11H2,1-2H3,(H,21,22)(H,23,24,25,27);1H. The summed E-state index contributed by atoms with van der Waals surface area (Å²) < 4.78 is 1.65. The van der Waals surface area contributed by atoms with Gasteiger partial charge in [-0.2, -0.15) is 10.1 Å². The first-order valence-corrected chi connectivity index (χ1v) is 9.46. The number of nitrogens with one attached hydrogen (secondary N) is 3. The maximum absolute atomic E-state index is 12.4. The molecule has 150 valence electrons. The van der Waals surface area contributed by atoms with E-state index < -0.39 is 0 Å². The second kappa shape index (κ2) is 8.70. The summed E-state index contributed by atoms with van der Waals surface area (Å²) in [6, 6.07) is 6.04. The molecular formula is C19H26ClN7O. The van der Waals surface area contributed by atoms with Crippen molar-refractivity contribution >= 4 is 35.3 Å². The van der Waals surface area contributed by atoms with Crippen molar-refractivity contribution in [1.29, 1.82) is 0 Å². The van der Waals surface area contributed by atoms with Crippen molar-refractivity contribution in [2.75, 3.05) is 18.4 Å². The number of amides is 1. The number of carbonyl (C=O) groups is 1. The van der Waals surface area contributed by atoms with Crippen molar-refractivity contribution in [3.63, 3.8) is 0 Å². The summed E-state index contributed by atoms with van der Waals surface area (Å²) in [6.07, 6.45) is 2.96. The highest BCUT2D eigenvalue weighted by Crippen LogP contribution is 2.23. The number of halogens is 1. The summed E-state index contributed by atoms with van der Waals surface area (Å²) in [4.78, 5) is 24.8. The molecule has 3 aromatic rings. The summed E-state index contributed by atoms with van der Waals surface area (Å²) in [6.45, 7) is 4.01. The molecule has 8 nitrogen and oxygen atoms in total. The fraction of sp³-hybridized carbons (Fsp3) is 0.474. The van der Waals surface area contributed by atoms with Crippen molar-refractivity contribution in [3.05, 3.63) is 35.4 Å². The van der Waals surface area contributed by atoms with Crippen LogP contribution in [-0.2, 0) is 18.3 Å². The molecular weight excluding hydrogens is 378 g/mol. The SMILES string of the molecule is Cc1cccc2[nH]c(CCC(=O)Nc3nc(C4CCNCC4)nn3C)nc12.Cl. The number of hydrogen-bond donors (Lipinski definition) is 3. The molecule has 0 spiro atoms. The van der Waals surface area contributed by atoms with E-state index in [1.165, 1.54) is 0 Å². The molecule has 1 amide bonds. The van der Waals surface area contributed by atoms with Gasteiger partial charge in [0.2, 0.25) is 11.9 Å². The highest BCUT2D eigenvalue weighted by atomic mass is 35.5. The third-order valence-electron chi connectivity index (χ3n) is 5.09. The number of rotatable bonds is 5. The quantitative estimate of drug-likeness (QED) is 0.607. The zero-order valence-electron chi connectivity index (χ0n) is 16.2. The van der Waals surface area contributed by atoms with E-state index >= 15 is 0 Å².